The Labute approximate surface area is 111 Å². The van der Waals surface area contributed by atoms with Gasteiger partial charge in [0.05, 0.1) is 6.54 Å². The summed E-state index contributed by atoms with van der Waals surface area (Å²) in [5.41, 5.74) is 0.375. The fraction of sp³-hybridized carbons (Fsp3) is 0.385. The minimum absolute atomic E-state index is 0.0293. The number of cyclic esters (lactones) is 1. The van der Waals surface area contributed by atoms with Gasteiger partial charge in [-0.2, -0.15) is 0 Å². The molecule has 1 atom stereocenters. The highest BCUT2D eigenvalue weighted by atomic mass is 19.1. The number of hydrogen-bond donors (Lipinski definition) is 0. The second-order valence-electron chi connectivity index (χ2n) is 4.06. The summed E-state index contributed by atoms with van der Waals surface area (Å²) >= 11 is 0. The minimum atomic E-state index is -0.529. The molecule has 1 rings (SSSR count). The third kappa shape index (κ3) is 4.95. The molecule has 0 aromatic rings. The average Bonchev–Trinajstić information content (AvgIpc) is 2.67. The van der Waals surface area contributed by atoms with E-state index in [1.165, 1.54) is 30.2 Å². The Hall–Kier alpha value is -2.11. The standard InChI is InChI=1S/C13H16FNO4/c1-9(10(2)14)5-4-6-15-7-12(19-13(15)17)8-18-11(3)16/h4-6,12H,2,7-8H2,1,3H3/b6-4+,9-5-. The second kappa shape index (κ2) is 6.72. The van der Waals surface area contributed by atoms with Gasteiger partial charge in [-0.25, -0.2) is 9.18 Å². The maximum Gasteiger partial charge on any atom is 0.414 e. The molecule has 1 amide bonds. The predicted molar refractivity (Wildman–Crippen MR) is 66.8 cm³/mol. The monoisotopic (exact) mass is 269 g/mol. The molecule has 6 heteroatoms. The van der Waals surface area contributed by atoms with Crippen LogP contribution in [0.5, 0.6) is 0 Å². The van der Waals surface area contributed by atoms with Crippen molar-refractivity contribution in [3.8, 4) is 0 Å². The predicted octanol–water partition coefficient (Wildman–Crippen LogP) is 2.31. The Bertz CT molecular complexity index is 442. The fourth-order valence-corrected chi connectivity index (χ4v) is 1.34. The molecule has 0 aromatic heterocycles. The van der Waals surface area contributed by atoms with Crippen LogP contribution in [0.15, 0.2) is 36.3 Å². The second-order valence-corrected chi connectivity index (χ2v) is 4.06. The maximum atomic E-state index is 12.7. The van der Waals surface area contributed by atoms with E-state index in [-0.39, 0.29) is 13.2 Å². The number of esters is 1. The van der Waals surface area contributed by atoms with Crippen LogP contribution in [0.25, 0.3) is 0 Å². The van der Waals surface area contributed by atoms with Gasteiger partial charge in [-0.1, -0.05) is 12.7 Å². The van der Waals surface area contributed by atoms with Crippen molar-refractivity contribution in [2.45, 2.75) is 20.0 Å². The van der Waals surface area contributed by atoms with Gasteiger partial charge in [0, 0.05) is 13.1 Å². The van der Waals surface area contributed by atoms with Crippen LogP contribution >= 0.6 is 0 Å². The van der Waals surface area contributed by atoms with Gasteiger partial charge in [0.15, 0.2) is 6.10 Å². The smallest absolute Gasteiger partial charge is 0.414 e. The number of rotatable bonds is 5. The normalized spacial score (nSPS) is 19.7. The van der Waals surface area contributed by atoms with Gasteiger partial charge in [0.2, 0.25) is 0 Å². The van der Waals surface area contributed by atoms with Gasteiger partial charge in [-0.15, -0.1) is 0 Å². The molecule has 104 valence electrons. The Balaban J connectivity index is 2.50. The van der Waals surface area contributed by atoms with Crippen molar-refractivity contribution >= 4 is 12.1 Å². The van der Waals surface area contributed by atoms with E-state index < -0.39 is 24.0 Å². The lowest BCUT2D eigenvalue weighted by Crippen LogP contribution is -2.22. The summed E-state index contributed by atoms with van der Waals surface area (Å²) in [6.07, 6.45) is 3.48. The number of carbonyl (C=O) groups excluding carboxylic acids is 2. The molecule has 0 bridgehead atoms. The largest absolute Gasteiger partial charge is 0.462 e. The highest BCUT2D eigenvalue weighted by Gasteiger charge is 2.30. The zero-order chi connectivity index (χ0) is 14.4. The van der Waals surface area contributed by atoms with Crippen LogP contribution in [0.3, 0.4) is 0 Å². The molecule has 0 radical (unpaired) electrons. The van der Waals surface area contributed by atoms with Crippen molar-refractivity contribution in [1.29, 1.82) is 0 Å². The zero-order valence-corrected chi connectivity index (χ0v) is 10.9. The molecule has 19 heavy (non-hydrogen) atoms. The van der Waals surface area contributed by atoms with Crippen molar-refractivity contribution in [3.05, 3.63) is 36.3 Å². The van der Waals surface area contributed by atoms with Gasteiger partial charge in [-0.3, -0.25) is 9.69 Å². The molecule has 5 nitrogen and oxygen atoms in total. The van der Waals surface area contributed by atoms with Gasteiger partial charge >= 0.3 is 12.1 Å². The van der Waals surface area contributed by atoms with Crippen molar-refractivity contribution in [3.63, 3.8) is 0 Å². The number of ether oxygens (including phenoxy) is 2. The van der Waals surface area contributed by atoms with Crippen LogP contribution in [-0.2, 0) is 14.3 Å². The molecule has 0 aromatic carbocycles. The number of nitrogens with zero attached hydrogens (tertiary/aromatic N) is 1. The molecular weight excluding hydrogens is 253 g/mol. The first-order chi connectivity index (χ1) is 8.90. The van der Waals surface area contributed by atoms with E-state index in [9.17, 15) is 14.0 Å². The van der Waals surface area contributed by atoms with Crippen LogP contribution in [0.4, 0.5) is 9.18 Å². The average molecular weight is 269 g/mol. The Morgan fingerprint density at radius 2 is 2.32 bits per heavy atom. The number of amides is 1. The summed E-state index contributed by atoms with van der Waals surface area (Å²) in [6.45, 7) is 6.32. The first kappa shape index (κ1) is 14.9. The third-order valence-electron chi connectivity index (χ3n) is 2.41. The molecule has 1 saturated heterocycles. The molecule has 0 spiro atoms. The lowest BCUT2D eigenvalue weighted by atomic mass is 10.2. The van der Waals surface area contributed by atoms with Crippen LogP contribution in [0.2, 0.25) is 0 Å². The van der Waals surface area contributed by atoms with Crippen molar-refractivity contribution in [2.75, 3.05) is 13.2 Å². The minimum Gasteiger partial charge on any atom is -0.462 e. The summed E-state index contributed by atoms with van der Waals surface area (Å²) in [4.78, 5) is 23.4. The van der Waals surface area contributed by atoms with Gasteiger partial charge < -0.3 is 9.47 Å². The molecule has 1 aliphatic rings. The Morgan fingerprint density at radius 3 is 2.89 bits per heavy atom. The molecule has 1 aliphatic heterocycles. The molecule has 1 fully saturated rings. The zero-order valence-electron chi connectivity index (χ0n) is 10.9. The molecule has 0 saturated carbocycles. The SMILES string of the molecule is C=C(F)/C(C)=C\C=C\N1CC(COC(C)=O)OC1=O. The number of hydrogen-bond acceptors (Lipinski definition) is 4. The van der Waals surface area contributed by atoms with Gasteiger partial charge in [0.1, 0.15) is 12.4 Å². The van der Waals surface area contributed by atoms with Crippen molar-refractivity contribution in [2.24, 2.45) is 0 Å². The highest BCUT2D eigenvalue weighted by Crippen LogP contribution is 2.13. The number of carbonyl (C=O) groups is 2. The topological polar surface area (TPSA) is 55.8 Å². The Kier molecular flexibility index (Phi) is 5.29. The van der Waals surface area contributed by atoms with Crippen LogP contribution < -0.4 is 0 Å². The van der Waals surface area contributed by atoms with Crippen LogP contribution in [0.1, 0.15) is 13.8 Å². The number of halogens is 1. The first-order valence-electron chi connectivity index (χ1n) is 5.70. The summed E-state index contributed by atoms with van der Waals surface area (Å²) in [5, 5.41) is 0. The highest BCUT2D eigenvalue weighted by molar-refractivity contribution is 5.71. The quantitative estimate of drug-likeness (QED) is 0.567. The van der Waals surface area contributed by atoms with E-state index in [0.717, 1.165) is 0 Å². The van der Waals surface area contributed by atoms with Crippen molar-refractivity contribution < 1.29 is 23.5 Å². The molecule has 1 unspecified atom stereocenters. The molecule has 0 aliphatic carbocycles. The van der Waals surface area contributed by atoms with E-state index in [1.807, 2.05) is 0 Å². The van der Waals surface area contributed by atoms with Gasteiger partial charge in [0.25, 0.3) is 0 Å². The Morgan fingerprint density at radius 1 is 1.63 bits per heavy atom. The van der Waals surface area contributed by atoms with Crippen molar-refractivity contribution in [1.82, 2.24) is 4.90 Å². The van der Waals surface area contributed by atoms with Gasteiger partial charge in [-0.05, 0) is 18.6 Å². The van der Waals surface area contributed by atoms with Crippen LogP contribution in [-0.4, -0.2) is 36.2 Å². The van der Waals surface area contributed by atoms with E-state index in [4.69, 9.17) is 9.47 Å². The van der Waals surface area contributed by atoms with E-state index in [1.54, 1.807) is 6.92 Å². The third-order valence-corrected chi connectivity index (χ3v) is 2.41. The van der Waals surface area contributed by atoms with E-state index in [2.05, 4.69) is 6.58 Å². The summed E-state index contributed by atoms with van der Waals surface area (Å²) in [6, 6.07) is 0. The molecule has 1 heterocycles. The molecule has 0 N–H and O–H groups in total. The summed E-state index contributed by atoms with van der Waals surface area (Å²) < 4.78 is 22.4. The van der Waals surface area contributed by atoms with E-state index in [0.29, 0.717) is 5.57 Å². The first-order valence-corrected chi connectivity index (χ1v) is 5.70. The van der Waals surface area contributed by atoms with Crippen LogP contribution in [0, 0.1) is 0 Å². The molecular formula is C13H16FNO4. The summed E-state index contributed by atoms with van der Waals surface area (Å²) in [7, 11) is 0. The van der Waals surface area contributed by atoms with E-state index >= 15 is 0 Å². The fourth-order valence-electron chi connectivity index (χ4n) is 1.34. The summed E-state index contributed by atoms with van der Waals surface area (Å²) in [5.74, 6) is -0.952. The number of allylic oxidation sites excluding steroid dienone is 4. The maximum absolute atomic E-state index is 12.7. The lowest BCUT2D eigenvalue weighted by Gasteiger charge is -2.07. The lowest BCUT2D eigenvalue weighted by molar-refractivity contribution is -0.143.